The molecule has 8 nitrogen and oxygen atoms in total. The van der Waals surface area contributed by atoms with E-state index in [-0.39, 0.29) is 23.8 Å². The first-order valence-corrected chi connectivity index (χ1v) is 15.4. The summed E-state index contributed by atoms with van der Waals surface area (Å²) in [5.74, 6) is -0.277. The molecule has 0 spiro atoms. The van der Waals surface area contributed by atoms with Crippen molar-refractivity contribution in [2.24, 2.45) is 0 Å². The number of nitrogens with zero attached hydrogens (tertiary/aromatic N) is 2. The monoisotopic (exact) mass is 599 g/mol. The van der Waals surface area contributed by atoms with Crippen molar-refractivity contribution >= 4 is 27.5 Å². The Bertz CT molecular complexity index is 1660. The number of ether oxygens (including phenoxy) is 1. The van der Waals surface area contributed by atoms with Gasteiger partial charge in [-0.25, -0.2) is 8.42 Å². The number of rotatable bonds is 12. The van der Waals surface area contributed by atoms with Crippen LogP contribution in [0, 0.1) is 13.8 Å². The molecule has 4 aromatic rings. The molecule has 2 amide bonds. The maximum absolute atomic E-state index is 14.4. The van der Waals surface area contributed by atoms with Gasteiger partial charge in [0.05, 0.1) is 17.7 Å². The maximum atomic E-state index is 14.4. The molecule has 4 aromatic carbocycles. The summed E-state index contributed by atoms with van der Waals surface area (Å²) < 4.78 is 34.6. The number of anilines is 1. The number of nitrogens with one attached hydrogen (secondary N) is 1. The van der Waals surface area contributed by atoms with Crippen LogP contribution in [0.3, 0.4) is 0 Å². The van der Waals surface area contributed by atoms with Gasteiger partial charge < -0.3 is 15.0 Å². The lowest BCUT2D eigenvalue weighted by Gasteiger charge is -2.33. The fourth-order valence-electron chi connectivity index (χ4n) is 4.84. The molecule has 1 N–H and O–H groups in total. The predicted molar refractivity (Wildman–Crippen MR) is 168 cm³/mol. The number of carbonyl (C=O) groups excluding carboxylic acids is 2. The first kappa shape index (κ1) is 31.3. The van der Waals surface area contributed by atoms with Crippen molar-refractivity contribution < 1.29 is 22.7 Å². The Hall–Kier alpha value is -4.63. The molecule has 0 fully saturated rings. The van der Waals surface area contributed by atoms with Crippen LogP contribution in [0.5, 0.6) is 5.75 Å². The van der Waals surface area contributed by atoms with E-state index in [1.54, 1.807) is 49.6 Å². The number of hydrogen-bond donors (Lipinski definition) is 1. The Morgan fingerprint density at radius 2 is 1.49 bits per heavy atom. The van der Waals surface area contributed by atoms with Gasteiger partial charge in [0.2, 0.25) is 11.8 Å². The molecule has 0 heterocycles. The van der Waals surface area contributed by atoms with Gasteiger partial charge >= 0.3 is 0 Å². The largest absolute Gasteiger partial charge is 0.497 e. The molecule has 0 aromatic heterocycles. The Balaban J connectivity index is 1.79. The Labute approximate surface area is 254 Å². The summed E-state index contributed by atoms with van der Waals surface area (Å²) >= 11 is 0. The number of hydrogen-bond acceptors (Lipinski definition) is 5. The lowest BCUT2D eigenvalue weighted by molar-refractivity contribution is -0.139. The van der Waals surface area contributed by atoms with E-state index in [1.165, 1.54) is 24.1 Å². The molecule has 224 valence electrons. The van der Waals surface area contributed by atoms with Gasteiger partial charge in [0.1, 0.15) is 18.3 Å². The number of sulfonamides is 1. The van der Waals surface area contributed by atoms with E-state index >= 15 is 0 Å². The average molecular weight is 600 g/mol. The normalized spacial score (nSPS) is 11.8. The molecule has 1 atom stereocenters. The molecule has 0 aliphatic rings. The Kier molecular flexibility index (Phi) is 10.2. The van der Waals surface area contributed by atoms with Crippen LogP contribution in [0.15, 0.2) is 108 Å². The second kappa shape index (κ2) is 14.0. The highest BCUT2D eigenvalue weighted by atomic mass is 32.2. The van der Waals surface area contributed by atoms with Crippen molar-refractivity contribution in [1.82, 2.24) is 10.2 Å². The topological polar surface area (TPSA) is 96.0 Å². The standard InChI is InChI=1S/C34H37N3O5S/c1-25-16-18-31(19-17-25)43(40,41)37(29-14-8-10-26(2)20-29)24-33(38)36(23-28-13-9-15-30(21-28)42-4)32(34(39)35-3)22-27-11-6-5-7-12-27/h5-21,32H,22-24H2,1-4H3,(H,35,39). The second-order valence-corrected chi connectivity index (χ2v) is 12.2. The molecule has 4 rings (SSSR count). The minimum absolute atomic E-state index is 0.0627. The van der Waals surface area contributed by atoms with E-state index in [1.807, 2.05) is 62.4 Å². The molecule has 43 heavy (non-hydrogen) atoms. The van der Waals surface area contributed by atoms with Crippen molar-refractivity contribution in [3.8, 4) is 5.75 Å². The van der Waals surface area contributed by atoms with Gasteiger partial charge in [0.25, 0.3) is 10.0 Å². The zero-order chi connectivity index (χ0) is 31.0. The summed E-state index contributed by atoms with van der Waals surface area (Å²) in [5.41, 5.74) is 3.71. The van der Waals surface area contributed by atoms with Crippen molar-refractivity contribution in [2.75, 3.05) is 25.0 Å². The van der Waals surface area contributed by atoms with Gasteiger partial charge in [0.15, 0.2) is 0 Å². The molecule has 0 aliphatic carbocycles. The molecule has 0 bridgehead atoms. The average Bonchev–Trinajstić information content (AvgIpc) is 3.01. The van der Waals surface area contributed by atoms with Crippen LogP contribution in [0.25, 0.3) is 0 Å². The van der Waals surface area contributed by atoms with Gasteiger partial charge in [-0.1, -0.05) is 72.3 Å². The number of likely N-dealkylation sites (N-methyl/N-ethyl adjacent to an activating group) is 1. The molecule has 0 radical (unpaired) electrons. The molecule has 1 unspecified atom stereocenters. The first-order valence-electron chi connectivity index (χ1n) is 14.0. The number of aryl methyl sites for hydroxylation is 2. The Morgan fingerprint density at radius 1 is 0.814 bits per heavy atom. The van der Waals surface area contributed by atoms with Crippen molar-refractivity contribution in [3.05, 3.63) is 125 Å². The summed E-state index contributed by atoms with van der Waals surface area (Å²) in [7, 11) is -1.07. The van der Waals surface area contributed by atoms with Gasteiger partial charge in [-0.2, -0.15) is 0 Å². The van der Waals surface area contributed by atoms with Crippen molar-refractivity contribution in [2.45, 2.75) is 37.8 Å². The lowest BCUT2D eigenvalue weighted by Crippen LogP contribution is -2.53. The number of benzene rings is 4. The van der Waals surface area contributed by atoms with E-state index in [4.69, 9.17) is 4.74 Å². The highest BCUT2D eigenvalue weighted by Crippen LogP contribution is 2.26. The van der Waals surface area contributed by atoms with Crippen LogP contribution < -0.4 is 14.4 Å². The Morgan fingerprint density at radius 3 is 2.14 bits per heavy atom. The summed E-state index contributed by atoms with van der Waals surface area (Å²) in [4.78, 5) is 29.2. The molecule has 0 aliphatic heterocycles. The van der Waals surface area contributed by atoms with Gasteiger partial charge in [-0.15, -0.1) is 0 Å². The van der Waals surface area contributed by atoms with E-state index in [2.05, 4.69) is 5.32 Å². The minimum Gasteiger partial charge on any atom is -0.497 e. The fourth-order valence-corrected chi connectivity index (χ4v) is 6.24. The van der Waals surface area contributed by atoms with Gasteiger partial charge in [0, 0.05) is 20.0 Å². The first-order chi connectivity index (χ1) is 20.6. The van der Waals surface area contributed by atoms with Gasteiger partial charge in [-0.3, -0.25) is 13.9 Å². The predicted octanol–water partition coefficient (Wildman–Crippen LogP) is 4.89. The highest BCUT2D eigenvalue weighted by molar-refractivity contribution is 7.92. The van der Waals surface area contributed by atoms with E-state index < -0.39 is 28.5 Å². The second-order valence-electron chi connectivity index (χ2n) is 10.4. The van der Waals surface area contributed by atoms with E-state index in [9.17, 15) is 18.0 Å². The number of carbonyl (C=O) groups is 2. The van der Waals surface area contributed by atoms with Crippen LogP contribution in [-0.2, 0) is 32.6 Å². The van der Waals surface area contributed by atoms with E-state index in [0.29, 0.717) is 11.4 Å². The zero-order valence-electron chi connectivity index (χ0n) is 24.9. The van der Waals surface area contributed by atoms with Crippen LogP contribution in [0.2, 0.25) is 0 Å². The quantitative estimate of drug-likeness (QED) is 0.250. The van der Waals surface area contributed by atoms with Crippen LogP contribution in [0.1, 0.15) is 22.3 Å². The summed E-state index contributed by atoms with van der Waals surface area (Å²) in [6.45, 7) is 3.29. The van der Waals surface area contributed by atoms with Gasteiger partial charge in [-0.05, 0) is 66.9 Å². The molecule has 0 saturated heterocycles. The molecule has 9 heteroatoms. The van der Waals surface area contributed by atoms with Crippen molar-refractivity contribution in [1.29, 1.82) is 0 Å². The lowest BCUT2D eigenvalue weighted by atomic mass is 10.0. The maximum Gasteiger partial charge on any atom is 0.264 e. The minimum atomic E-state index is -4.14. The third-order valence-electron chi connectivity index (χ3n) is 7.18. The highest BCUT2D eigenvalue weighted by Gasteiger charge is 2.34. The molecule has 0 saturated carbocycles. The SMILES string of the molecule is CNC(=O)C(Cc1ccccc1)N(Cc1cccc(OC)c1)C(=O)CN(c1cccc(C)c1)S(=O)(=O)c1ccc(C)cc1. The number of methoxy groups -OCH3 is 1. The fraction of sp³-hybridized carbons (Fsp3) is 0.235. The van der Waals surface area contributed by atoms with E-state index in [0.717, 1.165) is 26.6 Å². The van der Waals surface area contributed by atoms with Crippen LogP contribution in [0.4, 0.5) is 5.69 Å². The zero-order valence-corrected chi connectivity index (χ0v) is 25.7. The summed E-state index contributed by atoms with van der Waals surface area (Å²) in [6.07, 6.45) is 0.241. The summed E-state index contributed by atoms with van der Waals surface area (Å²) in [5, 5.41) is 2.69. The number of amides is 2. The van der Waals surface area contributed by atoms with Crippen molar-refractivity contribution in [3.63, 3.8) is 0 Å². The molecular formula is C34H37N3O5S. The summed E-state index contributed by atoms with van der Waals surface area (Å²) in [6, 6.07) is 29.3. The van der Waals surface area contributed by atoms with Crippen LogP contribution in [-0.4, -0.2) is 51.9 Å². The van der Waals surface area contributed by atoms with Crippen LogP contribution >= 0.6 is 0 Å². The third-order valence-corrected chi connectivity index (χ3v) is 8.97. The molecular weight excluding hydrogens is 562 g/mol. The third kappa shape index (κ3) is 7.81. The smallest absolute Gasteiger partial charge is 0.264 e.